The molecule has 0 fully saturated rings. The molecule has 4 N–H and O–H groups in total. The Morgan fingerprint density at radius 1 is 1.17 bits per heavy atom. The number of allylic oxidation sites excluding steroid dienone is 1. The highest BCUT2D eigenvalue weighted by atomic mass is 16.5. The van der Waals surface area contributed by atoms with Crippen LogP contribution in [0.4, 0.5) is 0 Å². The summed E-state index contributed by atoms with van der Waals surface area (Å²) in [5.74, 6) is 0.512. The summed E-state index contributed by atoms with van der Waals surface area (Å²) in [6.07, 6.45) is 6.96. The summed E-state index contributed by atoms with van der Waals surface area (Å²) < 4.78 is 5.12. The van der Waals surface area contributed by atoms with Crippen molar-refractivity contribution in [1.82, 2.24) is 9.97 Å². The molecular formula is C24H22N4O2. The van der Waals surface area contributed by atoms with Crippen LogP contribution >= 0.6 is 0 Å². The van der Waals surface area contributed by atoms with E-state index in [1.165, 1.54) is 7.11 Å². The smallest absolute Gasteiger partial charge is 0.160 e. The Balaban J connectivity index is 1.66. The van der Waals surface area contributed by atoms with Crippen LogP contribution in [0.2, 0.25) is 0 Å². The summed E-state index contributed by atoms with van der Waals surface area (Å²) >= 11 is 0. The van der Waals surface area contributed by atoms with Crippen molar-refractivity contribution in [2.24, 2.45) is 10.7 Å². The van der Waals surface area contributed by atoms with Crippen LogP contribution in [0.3, 0.4) is 0 Å². The molecule has 0 aliphatic carbocycles. The number of benzene rings is 2. The van der Waals surface area contributed by atoms with E-state index in [0.717, 1.165) is 38.9 Å². The highest BCUT2D eigenvalue weighted by Crippen LogP contribution is 2.33. The van der Waals surface area contributed by atoms with Crippen molar-refractivity contribution in [3.63, 3.8) is 0 Å². The highest BCUT2D eigenvalue weighted by Gasteiger charge is 2.11. The lowest BCUT2D eigenvalue weighted by molar-refractivity contribution is 0.373. The zero-order valence-electron chi connectivity index (χ0n) is 16.5. The van der Waals surface area contributed by atoms with Crippen molar-refractivity contribution < 1.29 is 9.84 Å². The first-order valence-electron chi connectivity index (χ1n) is 9.50. The zero-order chi connectivity index (χ0) is 20.9. The van der Waals surface area contributed by atoms with E-state index in [4.69, 9.17) is 10.5 Å². The standard InChI is InChI=1S/C24H22N4O2/c1-30-23-8-7-17(10-22(23)29)18-9-20-21(15-28-24(20)27-14-18)19(11-25)13-26-12-16-5-3-2-4-6-16/h2-11,13-15,29H,12,25H2,1H3,(H,27,28)/b19-11+,26-13?. The number of hydrogen-bond acceptors (Lipinski definition) is 5. The number of nitrogens with zero attached hydrogens (tertiary/aromatic N) is 2. The third-order valence-electron chi connectivity index (χ3n) is 4.88. The molecule has 0 bridgehead atoms. The van der Waals surface area contributed by atoms with Gasteiger partial charge in [-0.25, -0.2) is 4.98 Å². The average molecular weight is 398 g/mol. The van der Waals surface area contributed by atoms with Gasteiger partial charge in [-0.15, -0.1) is 0 Å². The van der Waals surface area contributed by atoms with Crippen LogP contribution in [0.5, 0.6) is 11.5 Å². The third kappa shape index (κ3) is 3.89. The maximum Gasteiger partial charge on any atom is 0.160 e. The molecular weight excluding hydrogens is 376 g/mol. The van der Waals surface area contributed by atoms with E-state index < -0.39 is 0 Å². The molecule has 0 aliphatic heterocycles. The van der Waals surface area contributed by atoms with Gasteiger partial charge in [0, 0.05) is 46.9 Å². The van der Waals surface area contributed by atoms with Crippen LogP contribution < -0.4 is 10.5 Å². The Bertz CT molecular complexity index is 1230. The number of H-pyrrole nitrogens is 1. The van der Waals surface area contributed by atoms with E-state index in [0.29, 0.717) is 12.3 Å². The van der Waals surface area contributed by atoms with E-state index in [1.807, 2.05) is 48.7 Å². The number of aromatic nitrogens is 2. The van der Waals surface area contributed by atoms with Crippen molar-refractivity contribution >= 4 is 22.8 Å². The molecule has 2 aromatic carbocycles. The number of aliphatic imine (C=N–C) groups is 1. The van der Waals surface area contributed by atoms with Crippen molar-refractivity contribution in [3.8, 4) is 22.6 Å². The van der Waals surface area contributed by atoms with Crippen molar-refractivity contribution in [3.05, 3.63) is 84.3 Å². The molecule has 6 heteroatoms. The normalized spacial score (nSPS) is 12.0. The van der Waals surface area contributed by atoms with E-state index in [9.17, 15) is 5.11 Å². The molecule has 0 saturated carbocycles. The van der Waals surface area contributed by atoms with Gasteiger partial charge in [-0.1, -0.05) is 36.4 Å². The predicted molar refractivity (Wildman–Crippen MR) is 121 cm³/mol. The molecule has 0 saturated heterocycles. The fraction of sp³-hybridized carbons (Fsp3) is 0.0833. The Morgan fingerprint density at radius 3 is 2.73 bits per heavy atom. The van der Waals surface area contributed by atoms with E-state index in [1.54, 1.807) is 30.7 Å². The van der Waals surface area contributed by atoms with Crippen LogP contribution in [-0.2, 0) is 6.54 Å². The molecule has 0 unspecified atom stereocenters. The first-order chi connectivity index (χ1) is 14.7. The van der Waals surface area contributed by atoms with E-state index in [2.05, 4.69) is 15.0 Å². The number of methoxy groups -OCH3 is 1. The molecule has 0 spiro atoms. The highest BCUT2D eigenvalue weighted by molar-refractivity contribution is 6.14. The molecule has 0 aliphatic rings. The Kier molecular flexibility index (Phi) is 5.48. The minimum absolute atomic E-state index is 0.0833. The molecule has 2 heterocycles. The second-order valence-corrected chi connectivity index (χ2v) is 6.79. The fourth-order valence-electron chi connectivity index (χ4n) is 3.30. The van der Waals surface area contributed by atoms with Crippen molar-refractivity contribution in [2.75, 3.05) is 7.11 Å². The predicted octanol–water partition coefficient (Wildman–Crippen LogP) is 4.51. The number of phenols is 1. The minimum Gasteiger partial charge on any atom is -0.504 e. The van der Waals surface area contributed by atoms with Crippen LogP contribution in [0.25, 0.3) is 27.7 Å². The number of pyridine rings is 1. The summed E-state index contributed by atoms with van der Waals surface area (Å²) in [6, 6.07) is 17.3. The largest absolute Gasteiger partial charge is 0.504 e. The number of fused-ring (bicyclic) bond motifs is 1. The fourth-order valence-corrected chi connectivity index (χ4v) is 3.30. The average Bonchev–Trinajstić information content (AvgIpc) is 3.20. The molecule has 2 aromatic heterocycles. The summed E-state index contributed by atoms with van der Waals surface area (Å²) in [7, 11) is 1.52. The van der Waals surface area contributed by atoms with Gasteiger partial charge < -0.3 is 20.6 Å². The lowest BCUT2D eigenvalue weighted by atomic mass is 10.0. The molecule has 30 heavy (non-hydrogen) atoms. The molecule has 4 aromatic rings. The second-order valence-electron chi connectivity index (χ2n) is 6.79. The van der Waals surface area contributed by atoms with Gasteiger partial charge in [0.05, 0.1) is 13.7 Å². The number of nitrogens with one attached hydrogen (secondary N) is 1. The molecule has 0 atom stereocenters. The first-order valence-corrected chi connectivity index (χ1v) is 9.50. The van der Waals surface area contributed by atoms with Gasteiger partial charge in [0.15, 0.2) is 11.5 Å². The monoisotopic (exact) mass is 398 g/mol. The number of hydrogen-bond donors (Lipinski definition) is 3. The summed E-state index contributed by atoms with van der Waals surface area (Å²) in [4.78, 5) is 12.2. The zero-order valence-corrected chi connectivity index (χ0v) is 16.5. The van der Waals surface area contributed by atoms with E-state index in [-0.39, 0.29) is 5.75 Å². The molecule has 6 nitrogen and oxygen atoms in total. The molecule has 0 radical (unpaired) electrons. The van der Waals surface area contributed by atoms with Crippen LogP contribution in [0.1, 0.15) is 11.1 Å². The topological polar surface area (TPSA) is 96.5 Å². The number of aromatic hydroxyl groups is 1. The second kappa shape index (κ2) is 8.53. The van der Waals surface area contributed by atoms with Gasteiger partial charge in [-0.05, 0) is 29.3 Å². The minimum atomic E-state index is 0.0833. The van der Waals surface area contributed by atoms with Gasteiger partial charge in [-0.3, -0.25) is 4.99 Å². The Labute approximate surface area is 174 Å². The number of nitrogens with two attached hydrogens (primary N) is 1. The number of ether oxygens (including phenoxy) is 1. The number of aromatic amines is 1. The van der Waals surface area contributed by atoms with Gasteiger partial charge in [0.25, 0.3) is 0 Å². The van der Waals surface area contributed by atoms with Gasteiger partial charge in [-0.2, -0.15) is 0 Å². The summed E-state index contributed by atoms with van der Waals surface area (Å²) in [6.45, 7) is 0.579. The van der Waals surface area contributed by atoms with Crippen molar-refractivity contribution in [2.45, 2.75) is 6.54 Å². The van der Waals surface area contributed by atoms with E-state index >= 15 is 0 Å². The maximum atomic E-state index is 10.1. The quantitative estimate of drug-likeness (QED) is 0.416. The lowest BCUT2D eigenvalue weighted by Gasteiger charge is -2.07. The third-order valence-corrected chi connectivity index (χ3v) is 4.88. The SMILES string of the molecule is COc1ccc(-c2cnc3[nH]cc(/C(C=NCc4ccccc4)=C/N)c3c2)cc1O. The van der Waals surface area contributed by atoms with Crippen LogP contribution in [0, 0.1) is 0 Å². The number of phenolic OH excluding ortho intramolecular Hbond substituents is 1. The maximum absolute atomic E-state index is 10.1. The van der Waals surface area contributed by atoms with Crippen molar-refractivity contribution in [1.29, 1.82) is 0 Å². The first kappa shape index (κ1) is 19.3. The van der Waals surface area contributed by atoms with Gasteiger partial charge in [0.1, 0.15) is 5.65 Å². The van der Waals surface area contributed by atoms with Crippen LogP contribution in [0.15, 0.2) is 78.2 Å². The van der Waals surface area contributed by atoms with Gasteiger partial charge >= 0.3 is 0 Å². The summed E-state index contributed by atoms with van der Waals surface area (Å²) in [5, 5.41) is 11.0. The Morgan fingerprint density at radius 2 is 2.00 bits per heavy atom. The lowest BCUT2D eigenvalue weighted by Crippen LogP contribution is -1.92. The molecule has 4 rings (SSSR count). The Hall–Kier alpha value is -4.06. The van der Waals surface area contributed by atoms with Crippen LogP contribution in [-0.4, -0.2) is 28.4 Å². The molecule has 150 valence electrons. The summed E-state index contributed by atoms with van der Waals surface area (Å²) in [5.41, 5.74) is 11.2. The molecule has 0 amide bonds. The van der Waals surface area contributed by atoms with Gasteiger partial charge in [0.2, 0.25) is 0 Å². The number of rotatable bonds is 6.